The highest BCUT2D eigenvalue weighted by Crippen LogP contribution is 2.23. The summed E-state index contributed by atoms with van der Waals surface area (Å²) < 4.78 is 54.2. The molecule has 0 aliphatic carbocycles. The number of carbonyl (C=O) groups excluding carboxylic acids is 1. The van der Waals surface area contributed by atoms with Gasteiger partial charge in [-0.2, -0.15) is 4.72 Å². The van der Waals surface area contributed by atoms with Crippen LogP contribution in [0, 0.1) is 11.6 Å². The molecule has 0 heterocycles. The maximum atomic E-state index is 13.7. The average Bonchev–Trinajstić information content (AvgIpc) is 2.81. The molecule has 11 heteroatoms. The minimum absolute atomic E-state index is 0.0447. The summed E-state index contributed by atoms with van der Waals surface area (Å²) in [4.78, 5) is 23.5. The van der Waals surface area contributed by atoms with Crippen LogP contribution in [-0.4, -0.2) is 38.0 Å². The van der Waals surface area contributed by atoms with E-state index in [0.29, 0.717) is 11.1 Å². The number of carboxylic acids is 1. The maximum absolute atomic E-state index is 13.7. The number of amides is 1. The van der Waals surface area contributed by atoms with Gasteiger partial charge in [-0.25, -0.2) is 17.2 Å². The van der Waals surface area contributed by atoms with Gasteiger partial charge in [0.2, 0.25) is 10.0 Å². The fourth-order valence-electron chi connectivity index (χ4n) is 3.23. The second-order valence-electron chi connectivity index (χ2n) is 7.57. The van der Waals surface area contributed by atoms with E-state index < -0.39 is 39.6 Å². The zero-order valence-corrected chi connectivity index (χ0v) is 19.7. The Bertz CT molecular complexity index is 1320. The lowest BCUT2D eigenvalue weighted by molar-refractivity contribution is -0.139. The monoisotopic (exact) mass is 522 g/mol. The molecule has 1 atom stereocenters. The summed E-state index contributed by atoms with van der Waals surface area (Å²) >= 11 is 5.87. The Balaban J connectivity index is 1.58. The number of aliphatic carboxylic acids is 1. The standard InChI is InChI=1S/C24H21ClF2N2O5S/c25-17-7-3-15(4-8-17)16-5-10-19(11-6-16)35(33,34)29-22(24(31)32)2-1-13-28-23(30)20-12-9-18(26)14-21(20)27/h3-12,14,22,29H,1-2,13H2,(H,28,30)(H,31,32)/t22-/m0/s1. The van der Waals surface area contributed by atoms with Crippen molar-refractivity contribution in [2.45, 2.75) is 23.8 Å². The third kappa shape index (κ3) is 7.08. The van der Waals surface area contributed by atoms with Crippen molar-refractivity contribution in [3.63, 3.8) is 0 Å². The number of hydrogen-bond acceptors (Lipinski definition) is 4. The molecule has 184 valence electrons. The van der Waals surface area contributed by atoms with Crippen LogP contribution in [0.15, 0.2) is 71.6 Å². The summed E-state index contributed by atoms with van der Waals surface area (Å²) in [5, 5.41) is 12.4. The van der Waals surface area contributed by atoms with E-state index in [0.717, 1.165) is 23.3 Å². The fourth-order valence-corrected chi connectivity index (χ4v) is 4.58. The third-order valence-electron chi connectivity index (χ3n) is 5.07. The van der Waals surface area contributed by atoms with E-state index in [1.54, 1.807) is 36.4 Å². The topological polar surface area (TPSA) is 113 Å². The molecule has 3 rings (SSSR count). The van der Waals surface area contributed by atoms with E-state index in [2.05, 4.69) is 10.0 Å². The van der Waals surface area contributed by atoms with Crippen LogP contribution in [0.4, 0.5) is 8.78 Å². The average molecular weight is 523 g/mol. The number of hydrogen-bond donors (Lipinski definition) is 3. The van der Waals surface area contributed by atoms with E-state index in [-0.39, 0.29) is 29.8 Å². The van der Waals surface area contributed by atoms with Crippen molar-refractivity contribution in [3.05, 3.63) is 89.0 Å². The molecule has 0 fully saturated rings. The minimum atomic E-state index is -4.14. The highest BCUT2D eigenvalue weighted by molar-refractivity contribution is 7.89. The molecule has 3 aromatic carbocycles. The van der Waals surface area contributed by atoms with Crippen molar-refractivity contribution in [2.24, 2.45) is 0 Å². The Morgan fingerprint density at radius 1 is 0.943 bits per heavy atom. The number of carboxylic acid groups (broad SMARTS) is 1. The van der Waals surface area contributed by atoms with E-state index in [9.17, 15) is 31.9 Å². The number of carbonyl (C=O) groups is 2. The highest BCUT2D eigenvalue weighted by Gasteiger charge is 2.25. The van der Waals surface area contributed by atoms with Crippen LogP contribution >= 0.6 is 11.6 Å². The Hall–Kier alpha value is -3.34. The molecule has 0 radical (unpaired) electrons. The van der Waals surface area contributed by atoms with Crippen LogP contribution in [-0.2, 0) is 14.8 Å². The molecule has 1 amide bonds. The van der Waals surface area contributed by atoms with Crippen LogP contribution in [0.2, 0.25) is 5.02 Å². The predicted molar refractivity (Wildman–Crippen MR) is 127 cm³/mol. The van der Waals surface area contributed by atoms with E-state index in [1.807, 2.05) is 0 Å². The Kier molecular flexibility index (Phi) is 8.55. The normalized spacial score (nSPS) is 12.2. The lowest BCUT2D eigenvalue weighted by Crippen LogP contribution is -2.41. The van der Waals surface area contributed by atoms with Gasteiger partial charge < -0.3 is 10.4 Å². The van der Waals surface area contributed by atoms with Gasteiger partial charge in [0, 0.05) is 17.6 Å². The molecule has 3 aromatic rings. The highest BCUT2D eigenvalue weighted by atomic mass is 35.5. The van der Waals surface area contributed by atoms with Crippen molar-refractivity contribution >= 4 is 33.5 Å². The first-order chi connectivity index (χ1) is 16.6. The molecule has 7 nitrogen and oxygen atoms in total. The molecule has 0 saturated heterocycles. The van der Waals surface area contributed by atoms with Crippen LogP contribution in [0.5, 0.6) is 0 Å². The van der Waals surface area contributed by atoms with Crippen molar-refractivity contribution in [1.29, 1.82) is 0 Å². The molecule has 0 aliphatic heterocycles. The molecular weight excluding hydrogens is 502 g/mol. The summed E-state index contributed by atoms with van der Waals surface area (Å²) in [5.74, 6) is -4.03. The number of rotatable bonds is 10. The zero-order chi connectivity index (χ0) is 25.6. The largest absolute Gasteiger partial charge is 0.480 e. The van der Waals surface area contributed by atoms with Gasteiger partial charge in [0.25, 0.3) is 5.91 Å². The summed E-state index contributed by atoms with van der Waals surface area (Å²) in [7, 11) is -4.14. The van der Waals surface area contributed by atoms with Crippen LogP contribution in [0.3, 0.4) is 0 Å². The van der Waals surface area contributed by atoms with E-state index in [1.165, 1.54) is 12.1 Å². The first-order valence-corrected chi connectivity index (χ1v) is 12.3. The Morgan fingerprint density at radius 3 is 2.11 bits per heavy atom. The van der Waals surface area contributed by atoms with Gasteiger partial charge in [0.15, 0.2) is 0 Å². The summed E-state index contributed by atoms with van der Waals surface area (Å²) in [5.41, 5.74) is 1.23. The van der Waals surface area contributed by atoms with Crippen molar-refractivity contribution in [1.82, 2.24) is 10.0 Å². The smallest absolute Gasteiger partial charge is 0.321 e. The van der Waals surface area contributed by atoms with Gasteiger partial charge in [-0.05, 0) is 60.4 Å². The summed E-state index contributed by atoms with van der Waals surface area (Å²) in [6.45, 7) is -0.0447. The number of benzene rings is 3. The van der Waals surface area contributed by atoms with Crippen molar-refractivity contribution < 1.29 is 31.9 Å². The number of halogens is 3. The lowest BCUT2D eigenvalue weighted by Gasteiger charge is -2.15. The predicted octanol–water partition coefficient (Wildman–Crippen LogP) is 4.23. The molecule has 0 unspecified atom stereocenters. The van der Waals surface area contributed by atoms with Crippen LogP contribution in [0.25, 0.3) is 11.1 Å². The zero-order valence-electron chi connectivity index (χ0n) is 18.2. The van der Waals surface area contributed by atoms with Crippen LogP contribution < -0.4 is 10.0 Å². The minimum Gasteiger partial charge on any atom is -0.480 e. The van der Waals surface area contributed by atoms with E-state index in [4.69, 9.17) is 11.6 Å². The fraction of sp³-hybridized carbons (Fsp3) is 0.167. The first-order valence-electron chi connectivity index (χ1n) is 10.4. The number of nitrogens with one attached hydrogen (secondary N) is 2. The SMILES string of the molecule is O=C(NCCC[C@H](NS(=O)(=O)c1ccc(-c2ccc(Cl)cc2)cc1)C(=O)O)c1ccc(F)cc1F. The van der Waals surface area contributed by atoms with Crippen LogP contribution in [0.1, 0.15) is 23.2 Å². The van der Waals surface area contributed by atoms with Gasteiger partial charge in [-0.1, -0.05) is 35.9 Å². The third-order valence-corrected chi connectivity index (χ3v) is 6.81. The molecule has 3 N–H and O–H groups in total. The van der Waals surface area contributed by atoms with Gasteiger partial charge >= 0.3 is 5.97 Å². The lowest BCUT2D eigenvalue weighted by atomic mass is 10.1. The molecule has 0 aliphatic rings. The van der Waals surface area contributed by atoms with Gasteiger partial charge in [0.1, 0.15) is 17.7 Å². The van der Waals surface area contributed by atoms with E-state index >= 15 is 0 Å². The maximum Gasteiger partial charge on any atom is 0.321 e. The first kappa shape index (κ1) is 26.3. The quantitative estimate of drug-likeness (QED) is 0.345. The molecular formula is C24H21ClF2N2O5S. The van der Waals surface area contributed by atoms with Gasteiger partial charge in [0.05, 0.1) is 10.5 Å². The van der Waals surface area contributed by atoms with Gasteiger partial charge in [-0.15, -0.1) is 0 Å². The second-order valence-corrected chi connectivity index (χ2v) is 9.72. The van der Waals surface area contributed by atoms with Crippen molar-refractivity contribution in [2.75, 3.05) is 6.54 Å². The Labute approximate surface area is 205 Å². The van der Waals surface area contributed by atoms with Gasteiger partial charge in [-0.3, -0.25) is 9.59 Å². The molecule has 0 bridgehead atoms. The van der Waals surface area contributed by atoms with Crippen molar-refractivity contribution in [3.8, 4) is 11.1 Å². The summed E-state index contributed by atoms with van der Waals surface area (Å²) in [6.07, 6.45) is -0.0485. The molecule has 0 spiro atoms. The summed E-state index contributed by atoms with van der Waals surface area (Å²) in [6, 6.07) is 14.0. The molecule has 35 heavy (non-hydrogen) atoms. The number of sulfonamides is 1. The Morgan fingerprint density at radius 2 is 1.54 bits per heavy atom. The molecule has 0 saturated carbocycles. The second kappa shape index (κ2) is 11.4. The molecule has 0 aromatic heterocycles.